The highest BCUT2D eigenvalue weighted by molar-refractivity contribution is 7.90. The molecule has 0 unspecified atom stereocenters. The maximum Gasteiger partial charge on any atom is 0.328 e. The van der Waals surface area contributed by atoms with Gasteiger partial charge in [-0.1, -0.05) is 19.4 Å². The number of anilines is 1. The van der Waals surface area contributed by atoms with E-state index in [-0.39, 0.29) is 4.90 Å². The van der Waals surface area contributed by atoms with Crippen LogP contribution in [0.15, 0.2) is 23.1 Å². The van der Waals surface area contributed by atoms with Crippen molar-refractivity contribution in [3.63, 3.8) is 0 Å². The molecule has 2 amide bonds. The second kappa shape index (κ2) is 6.42. The lowest BCUT2D eigenvalue weighted by molar-refractivity contribution is 0.245. The molecule has 7 heteroatoms. The first-order chi connectivity index (χ1) is 8.88. The van der Waals surface area contributed by atoms with Crippen LogP contribution < -0.4 is 15.8 Å². The SMILES string of the molecule is CCCCNC(=O)NS(=O)(=O)c1cccc(N)c1C. The van der Waals surface area contributed by atoms with Crippen molar-refractivity contribution in [2.24, 2.45) is 0 Å². The molecular formula is C12H19N3O3S. The van der Waals surface area contributed by atoms with Gasteiger partial charge in [-0.3, -0.25) is 0 Å². The van der Waals surface area contributed by atoms with Crippen LogP contribution in [0.25, 0.3) is 0 Å². The Morgan fingerprint density at radius 1 is 1.37 bits per heavy atom. The number of sulfonamides is 1. The van der Waals surface area contributed by atoms with E-state index in [9.17, 15) is 13.2 Å². The Bertz CT molecular complexity index is 555. The number of benzene rings is 1. The predicted molar refractivity (Wildman–Crippen MR) is 74.2 cm³/mol. The molecule has 0 spiro atoms. The van der Waals surface area contributed by atoms with E-state index in [4.69, 9.17) is 5.73 Å². The lowest BCUT2D eigenvalue weighted by atomic mass is 10.2. The molecule has 19 heavy (non-hydrogen) atoms. The maximum atomic E-state index is 12.0. The minimum absolute atomic E-state index is 0.0122. The van der Waals surface area contributed by atoms with Crippen LogP contribution in [0.3, 0.4) is 0 Å². The fourth-order valence-corrected chi connectivity index (χ4v) is 2.72. The van der Waals surface area contributed by atoms with E-state index in [1.807, 2.05) is 11.6 Å². The third kappa shape index (κ3) is 4.13. The molecule has 1 aromatic carbocycles. The van der Waals surface area contributed by atoms with Crippen LogP contribution in [0, 0.1) is 6.92 Å². The lowest BCUT2D eigenvalue weighted by Gasteiger charge is -2.11. The number of rotatable bonds is 5. The van der Waals surface area contributed by atoms with Crippen molar-refractivity contribution in [3.05, 3.63) is 23.8 Å². The number of nitrogens with two attached hydrogens (primary N) is 1. The molecule has 0 aliphatic heterocycles. The van der Waals surface area contributed by atoms with Gasteiger partial charge in [-0.15, -0.1) is 0 Å². The molecule has 0 bridgehead atoms. The van der Waals surface area contributed by atoms with Gasteiger partial charge < -0.3 is 11.1 Å². The zero-order chi connectivity index (χ0) is 14.5. The summed E-state index contributed by atoms with van der Waals surface area (Å²) in [4.78, 5) is 11.5. The van der Waals surface area contributed by atoms with Crippen molar-refractivity contribution in [2.45, 2.75) is 31.6 Å². The smallest absolute Gasteiger partial charge is 0.328 e. The number of hydrogen-bond donors (Lipinski definition) is 3. The van der Waals surface area contributed by atoms with Gasteiger partial charge >= 0.3 is 6.03 Å². The Morgan fingerprint density at radius 2 is 2.05 bits per heavy atom. The number of amides is 2. The summed E-state index contributed by atoms with van der Waals surface area (Å²) < 4.78 is 26.0. The number of nitrogen functional groups attached to an aromatic ring is 1. The third-order valence-electron chi connectivity index (χ3n) is 2.66. The molecule has 0 heterocycles. The Kier molecular flexibility index (Phi) is 5.17. The first-order valence-electron chi connectivity index (χ1n) is 6.04. The fourth-order valence-electron chi connectivity index (χ4n) is 1.51. The Morgan fingerprint density at radius 3 is 2.68 bits per heavy atom. The van der Waals surface area contributed by atoms with E-state index < -0.39 is 16.1 Å². The Hall–Kier alpha value is -1.76. The van der Waals surface area contributed by atoms with Crippen molar-refractivity contribution in [3.8, 4) is 0 Å². The summed E-state index contributed by atoms with van der Waals surface area (Å²) in [6.07, 6.45) is 1.71. The number of urea groups is 1. The van der Waals surface area contributed by atoms with Crippen LogP contribution in [0.2, 0.25) is 0 Å². The summed E-state index contributed by atoms with van der Waals surface area (Å²) in [6, 6.07) is 3.82. The van der Waals surface area contributed by atoms with Crippen molar-refractivity contribution < 1.29 is 13.2 Å². The van der Waals surface area contributed by atoms with Gasteiger partial charge in [-0.2, -0.15) is 0 Å². The summed E-state index contributed by atoms with van der Waals surface area (Å²) in [6.45, 7) is 4.01. The van der Waals surface area contributed by atoms with Crippen LogP contribution in [-0.2, 0) is 10.0 Å². The molecule has 0 fully saturated rings. The molecule has 0 radical (unpaired) electrons. The lowest BCUT2D eigenvalue weighted by Crippen LogP contribution is -2.40. The molecule has 0 saturated heterocycles. The second-order valence-electron chi connectivity index (χ2n) is 4.19. The first kappa shape index (κ1) is 15.3. The molecule has 1 aromatic rings. The molecule has 0 aliphatic carbocycles. The molecule has 0 atom stereocenters. The number of hydrogen-bond acceptors (Lipinski definition) is 4. The Labute approximate surface area is 113 Å². The molecule has 1 rings (SSSR count). The summed E-state index contributed by atoms with van der Waals surface area (Å²) in [5, 5.41) is 2.48. The number of nitrogens with one attached hydrogen (secondary N) is 2. The van der Waals surface area contributed by atoms with Gasteiger partial charge in [0, 0.05) is 12.2 Å². The number of carbonyl (C=O) groups is 1. The fraction of sp³-hybridized carbons (Fsp3) is 0.417. The first-order valence-corrected chi connectivity index (χ1v) is 7.52. The van der Waals surface area contributed by atoms with Gasteiger partial charge in [0.1, 0.15) is 0 Å². The zero-order valence-electron chi connectivity index (χ0n) is 11.1. The van der Waals surface area contributed by atoms with E-state index in [1.165, 1.54) is 12.1 Å². The highest BCUT2D eigenvalue weighted by atomic mass is 32.2. The van der Waals surface area contributed by atoms with E-state index in [1.54, 1.807) is 13.0 Å². The molecule has 0 aliphatic rings. The van der Waals surface area contributed by atoms with Gasteiger partial charge in [0.2, 0.25) is 0 Å². The molecular weight excluding hydrogens is 266 g/mol. The minimum Gasteiger partial charge on any atom is -0.398 e. The average Bonchev–Trinajstić information content (AvgIpc) is 2.32. The van der Waals surface area contributed by atoms with Gasteiger partial charge in [-0.05, 0) is 31.0 Å². The highest BCUT2D eigenvalue weighted by Crippen LogP contribution is 2.19. The van der Waals surface area contributed by atoms with Crippen LogP contribution in [0.4, 0.5) is 10.5 Å². The number of unbranched alkanes of at least 4 members (excludes halogenated alkanes) is 1. The van der Waals surface area contributed by atoms with Gasteiger partial charge in [0.25, 0.3) is 10.0 Å². The quantitative estimate of drug-likeness (QED) is 0.561. The van der Waals surface area contributed by atoms with E-state index in [0.717, 1.165) is 12.8 Å². The van der Waals surface area contributed by atoms with E-state index in [0.29, 0.717) is 17.8 Å². The van der Waals surface area contributed by atoms with Crippen molar-refractivity contribution in [2.75, 3.05) is 12.3 Å². The second-order valence-corrected chi connectivity index (χ2v) is 5.84. The summed E-state index contributed by atoms with van der Waals surface area (Å²) >= 11 is 0. The van der Waals surface area contributed by atoms with Crippen LogP contribution >= 0.6 is 0 Å². The topological polar surface area (TPSA) is 101 Å². The van der Waals surface area contributed by atoms with Crippen molar-refractivity contribution in [1.82, 2.24) is 10.0 Å². The standard InChI is InChI=1S/C12H19N3O3S/c1-3-4-8-14-12(16)15-19(17,18)11-7-5-6-10(13)9(11)2/h5-7H,3-4,8,13H2,1-2H3,(H2,14,15,16). The minimum atomic E-state index is -3.89. The summed E-state index contributed by atoms with van der Waals surface area (Å²) in [7, 11) is -3.89. The van der Waals surface area contributed by atoms with Crippen LogP contribution in [0.1, 0.15) is 25.3 Å². The number of carbonyl (C=O) groups excluding carboxylic acids is 1. The summed E-state index contributed by atoms with van der Waals surface area (Å²) in [5.74, 6) is 0. The van der Waals surface area contributed by atoms with Gasteiger partial charge in [0.15, 0.2) is 0 Å². The van der Waals surface area contributed by atoms with E-state index in [2.05, 4.69) is 5.32 Å². The zero-order valence-corrected chi connectivity index (χ0v) is 11.9. The largest absolute Gasteiger partial charge is 0.398 e. The van der Waals surface area contributed by atoms with Crippen molar-refractivity contribution in [1.29, 1.82) is 0 Å². The summed E-state index contributed by atoms with van der Waals surface area (Å²) in [5.41, 5.74) is 6.45. The molecule has 6 nitrogen and oxygen atoms in total. The predicted octanol–water partition coefficient (Wildman–Crippen LogP) is 1.37. The molecule has 0 saturated carbocycles. The monoisotopic (exact) mass is 285 g/mol. The maximum absolute atomic E-state index is 12.0. The molecule has 4 N–H and O–H groups in total. The Balaban J connectivity index is 2.81. The van der Waals surface area contributed by atoms with E-state index >= 15 is 0 Å². The molecule has 0 aromatic heterocycles. The van der Waals surface area contributed by atoms with Crippen LogP contribution in [-0.4, -0.2) is 21.0 Å². The highest BCUT2D eigenvalue weighted by Gasteiger charge is 2.20. The third-order valence-corrected chi connectivity index (χ3v) is 4.13. The molecule has 106 valence electrons. The van der Waals surface area contributed by atoms with Gasteiger partial charge in [-0.25, -0.2) is 17.9 Å². The van der Waals surface area contributed by atoms with Gasteiger partial charge in [0.05, 0.1) is 4.90 Å². The van der Waals surface area contributed by atoms with Crippen LogP contribution in [0.5, 0.6) is 0 Å². The average molecular weight is 285 g/mol. The normalized spacial score (nSPS) is 11.1. The van der Waals surface area contributed by atoms with Crippen molar-refractivity contribution >= 4 is 21.7 Å².